The van der Waals surface area contributed by atoms with E-state index >= 15 is 0 Å². The molecule has 7 rings (SSSR count). The number of nitrogens with zero attached hydrogens (tertiary/aromatic N) is 1. The number of nitrogens with one attached hydrogen (secondary N) is 5. The van der Waals surface area contributed by atoms with Crippen molar-refractivity contribution >= 4 is 35.5 Å². The number of aliphatic hydroxyl groups is 1. The second-order valence-electron chi connectivity index (χ2n) is 18.7. The molecule has 1 spiro atoms. The standard InChI is InChI=1S/C48H61N7O11/c1-26(2)21-35(46(63)64)54-45(62)34(23-27-7-5-4-6-8-27)52-39(59)25-50-44(61)33(53-43(60)31(49)22-28-9-12-30(56)13-10-28)14-16-38(58)51-32-17-18-48(65)37-24-29-11-15-36(57)41-40(29)47(48,42(32)66-41)19-20-55(37)3/h4-13,15,26,31-35,37,42,56-57,65H,14,16-25,49H2,1-3H3,(H,50,61)(H,51,58)(H,52,59)(H,53,60)(H,54,62)(H,63,64)/t31-,32-,33-,34-,35-,37+,42-,47-,48+/m0/s1. The summed E-state index contributed by atoms with van der Waals surface area (Å²) in [5.41, 5.74) is 7.34. The molecule has 2 aliphatic carbocycles. The van der Waals surface area contributed by atoms with Gasteiger partial charge in [0.15, 0.2) is 11.5 Å². The Morgan fingerprint density at radius 1 is 0.833 bits per heavy atom. The highest BCUT2D eigenvalue weighted by Gasteiger charge is 2.72. The van der Waals surface area contributed by atoms with E-state index < -0.39 is 89.4 Å². The van der Waals surface area contributed by atoms with E-state index in [9.17, 15) is 49.2 Å². The quantitative estimate of drug-likeness (QED) is 0.0793. The zero-order chi connectivity index (χ0) is 47.5. The second-order valence-corrected chi connectivity index (χ2v) is 18.7. The number of aromatic hydroxyl groups is 2. The van der Waals surface area contributed by atoms with Crippen molar-refractivity contribution in [3.63, 3.8) is 0 Å². The number of carbonyl (C=O) groups is 6. The number of rotatable bonds is 19. The van der Waals surface area contributed by atoms with Gasteiger partial charge >= 0.3 is 5.97 Å². The lowest BCUT2D eigenvalue weighted by Gasteiger charge is -2.63. The van der Waals surface area contributed by atoms with E-state index in [2.05, 4.69) is 31.5 Å². The van der Waals surface area contributed by atoms with Gasteiger partial charge in [-0.25, -0.2) is 4.79 Å². The van der Waals surface area contributed by atoms with Gasteiger partial charge in [-0.1, -0.05) is 62.4 Å². The third-order valence-electron chi connectivity index (χ3n) is 13.8. The first-order chi connectivity index (χ1) is 31.4. The zero-order valence-corrected chi connectivity index (χ0v) is 37.4. The number of phenolic OH excluding ortho intramolecular Hbond substituents is 2. The molecule has 2 heterocycles. The van der Waals surface area contributed by atoms with E-state index in [0.29, 0.717) is 49.1 Å². The molecule has 1 saturated heterocycles. The molecule has 5 amide bonds. The fourth-order valence-corrected chi connectivity index (χ4v) is 10.5. The summed E-state index contributed by atoms with van der Waals surface area (Å²) in [6.07, 6.45) is 0.959. The van der Waals surface area contributed by atoms with Crippen molar-refractivity contribution in [2.75, 3.05) is 20.1 Å². The third-order valence-corrected chi connectivity index (χ3v) is 13.8. The summed E-state index contributed by atoms with van der Waals surface area (Å²) in [7, 11) is 1.99. The van der Waals surface area contributed by atoms with Crippen LogP contribution in [0, 0.1) is 5.92 Å². The zero-order valence-electron chi connectivity index (χ0n) is 37.4. The molecule has 0 radical (unpaired) electrons. The molecule has 2 bridgehead atoms. The summed E-state index contributed by atoms with van der Waals surface area (Å²) in [5, 5.41) is 56.3. The van der Waals surface area contributed by atoms with Crippen molar-refractivity contribution in [2.45, 2.75) is 125 Å². The van der Waals surface area contributed by atoms with Gasteiger partial charge in [-0.15, -0.1) is 0 Å². The Labute approximate surface area is 383 Å². The highest BCUT2D eigenvalue weighted by molar-refractivity contribution is 5.94. The number of amides is 5. The molecule has 11 N–H and O–H groups in total. The highest BCUT2D eigenvalue weighted by atomic mass is 16.5. The molecule has 18 nitrogen and oxygen atoms in total. The van der Waals surface area contributed by atoms with Crippen LogP contribution < -0.4 is 37.1 Å². The van der Waals surface area contributed by atoms with Crippen molar-refractivity contribution < 1.29 is 53.9 Å². The average molecular weight is 912 g/mol. The Morgan fingerprint density at radius 2 is 1.53 bits per heavy atom. The molecule has 2 aliphatic heterocycles. The summed E-state index contributed by atoms with van der Waals surface area (Å²) in [5.74, 6) is -4.43. The van der Waals surface area contributed by atoms with Crippen molar-refractivity contribution in [1.29, 1.82) is 0 Å². The Hall–Kier alpha value is -6.24. The van der Waals surface area contributed by atoms with Crippen molar-refractivity contribution in [3.8, 4) is 17.2 Å². The van der Waals surface area contributed by atoms with Gasteiger partial charge in [-0.3, -0.25) is 24.0 Å². The second kappa shape index (κ2) is 19.7. The molecular weight excluding hydrogens is 851 g/mol. The van der Waals surface area contributed by atoms with E-state index in [-0.39, 0.29) is 55.6 Å². The summed E-state index contributed by atoms with van der Waals surface area (Å²) in [6, 6.07) is 12.7. The molecule has 0 unspecified atom stereocenters. The minimum Gasteiger partial charge on any atom is -0.508 e. The first kappa shape index (κ1) is 47.7. The molecule has 9 atom stereocenters. The number of carboxylic acids is 1. The summed E-state index contributed by atoms with van der Waals surface area (Å²) >= 11 is 0. The lowest BCUT2D eigenvalue weighted by molar-refractivity contribution is -0.187. The number of benzene rings is 3. The van der Waals surface area contributed by atoms with Crippen LogP contribution in [0.3, 0.4) is 0 Å². The van der Waals surface area contributed by atoms with E-state index in [1.165, 1.54) is 12.1 Å². The van der Waals surface area contributed by atoms with Gasteiger partial charge in [-0.05, 0) is 99.3 Å². The normalized spacial score (nSPS) is 24.4. The molecule has 3 aromatic rings. The van der Waals surface area contributed by atoms with Crippen LogP contribution in [0.1, 0.15) is 74.6 Å². The summed E-state index contributed by atoms with van der Waals surface area (Å²) in [4.78, 5) is 82.3. The molecule has 3 aromatic carbocycles. The van der Waals surface area contributed by atoms with Gasteiger partial charge in [0, 0.05) is 24.4 Å². The third kappa shape index (κ3) is 9.81. The summed E-state index contributed by atoms with van der Waals surface area (Å²) < 4.78 is 6.51. The monoisotopic (exact) mass is 911 g/mol. The number of carbonyl (C=O) groups excluding carboxylic acids is 5. The number of likely N-dealkylation sites (N-methyl/N-ethyl adjacent to an activating group) is 1. The molecular formula is C48H61N7O11. The van der Waals surface area contributed by atoms with E-state index in [1.807, 2.05) is 27.0 Å². The first-order valence-electron chi connectivity index (χ1n) is 22.6. The van der Waals surface area contributed by atoms with Gasteiger partial charge in [0.2, 0.25) is 29.5 Å². The maximum Gasteiger partial charge on any atom is 0.326 e. The lowest BCUT2D eigenvalue weighted by atomic mass is 9.48. The molecule has 1 saturated carbocycles. The number of nitrogens with two attached hydrogens (primary N) is 1. The van der Waals surface area contributed by atoms with Crippen LogP contribution in [-0.2, 0) is 53.4 Å². The number of hydrogen-bond donors (Lipinski definition) is 10. The summed E-state index contributed by atoms with van der Waals surface area (Å²) in [6.45, 7) is 3.68. The number of likely N-dealkylation sites (tertiary alicyclic amines) is 1. The Bertz CT molecular complexity index is 2310. The van der Waals surface area contributed by atoms with Gasteiger partial charge in [0.25, 0.3) is 0 Å². The van der Waals surface area contributed by atoms with Crippen LogP contribution in [0.2, 0.25) is 0 Å². The Kier molecular flexibility index (Phi) is 14.2. The molecule has 4 aliphatic rings. The van der Waals surface area contributed by atoms with Crippen molar-refractivity contribution in [1.82, 2.24) is 31.5 Å². The van der Waals surface area contributed by atoms with Crippen LogP contribution in [0.15, 0.2) is 66.7 Å². The number of phenols is 2. The number of hydrogen-bond acceptors (Lipinski definition) is 12. The molecule has 18 heteroatoms. The Balaban J connectivity index is 1.03. The SMILES string of the molecule is CC(C)C[C@H](NC(=O)[C@H](Cc1ccccc1)NC(=O)CNC(=O)[C@H](CCC(=O)N[C@H]1CC[C@@]2(O)[C@H]3Cc4ccc(O)c5c4[C@@]2(CCN3C)[C@H]1O5)NC(=O)[C@@H](N)Cc1ccc(O)cc1)C(=O)O. The van der Waals surface area contributed by atoms with Gasteiger partial charge in [0.1, 0.15) is 30.0 Å². The van der Waals surface area contributed by atoms with Crippen molar-refractivity contribution in [3.05, 3.63) is 89.0 Å². The van der Waals surface area contributed by atoms with Crippen LogP contribution in [0.4, 0.5) is 0 Å². The number of ether oxygens (including phenoxy) is 1. The Morgan fingerprint density at radius 3 is 2.23 bits per heavy atom. The van der Waals surface area contributed by atoms with Crippen LogP contribution in [0.5, 0.6) is 17.2 Å². The molecule has 66 heavy (non-hydrogen) atoms. The van der Waals surface area contributed by atoms with Crippen LogP contribution >= 0.6 is 0 Å². The number of piperidine rings is 1. The molecule has 354 valence electrons. The predicted molar refractivity (Wildman–Crippen MR) is 240 cm³/mol. The van der Waals surface area contributed by atoms with Gasteiger partial charge < -0.3 is 62.4 Å². The number of carboxylic acid groups (broad SMARTS) is 1. The lowest BCUT2D eigenvalue weighted by Crippen LogP contribution is -2.77. The average Bonchev–Trinajstić information content (AvgIpc) is 3.64. The first-order valence-corrected chi connectivity index (χ1v) is 22.6. The smallest absolute Gasteiger partial charge is 0.326 e. The number of aliphatic carboxylic acids is 1. The van der Waals surface area contributed by atoms with E-state index in [4.69, 9.17) is 10.5 Å². The topological polar surface area (TPSA) is 282 Å². The minimum absolute atomic E-state index is 0.0203. The maximum absolute atomic E-state index is 13.9. The highest BCUT2D eigenvalue weighted by Crippen LogP contribution is 2.65. The van der Waals surface area contributed by atoms with Crippen molar-refractivity contribution in [2.24, 2.45) is 11.7 Å². The molecule has 2 fully saturated rings. The van der Waals surface area contributed by atoms with Gasteiger partial charge in [-0.2, -0.15) is 0 Å². The molecule has 0 aromatic heterocycles. The van der Waals surface area contributed by atoms with E-state index in [1.54, 1.807) is 48.5 Å². The van der Waals surface area contributed by atoms with Crippen LogP contribution in [-0.4, -0.2) is 129 Å². The van der Waals surface area contributed by atoms with E-state index in [0.717, 1.165) is 11.1 Å². The fourth-order valence-electron chi connectivity index (χ4n) is 10.5. The van der Waals surface area contributed by atoms with Crippen LogP contribution in [0.25, 0.3) is 0 Å². The largest absolute Gasteiger partial charge is 0.508 e. The van der Waals surface area contributed by atoms with Gasteiger partial charge in [0.05, 0.1) is 29.6 Å². The predicted octanol–water partition coefficient (Wildman–Crippen LogP) is 0.661. The minimum atomic E-state index is -1.35. The fraction of sp³-hybridized carbons (Fsp3) is 0.500. The maximum atomic E-state index is 13.9.